The van der Waals surface area contributed by atoms with E-state index in [9.17, 15) is 0 Å². The second-order valence-electron chi connectivity index (χ2n) is 12.7. The standard InChI is InChI=1S/C43H36N2S/c1-43(2,3)33-23-26-41(46)36(28-33)38-24-25-40(45-38)39-22-12-21-37(44-39)31-17-10-18-32(27-31)42-34(29-13-6-4-7-14-29)19-11-20-35(42)30-15-8-5-9-16-30/h4-28,45-46H,1-3H3. The molecule has 0 amide bonds. The van der Waals surface area contributed by atoms with Gasteiger partial charge in [-0.05, 0) is 86.8 Å². The van der Waals surface area contributed by atoms with Crippen LogP contribution in [0, 0.1) is 0 Å². The first-order chi connectivity index (χ1) is 22.3. The molecule has 0 aliphatic heterocycles. The fraction of sp³-hybridized carbons (Fsp3) is 0.0930. The molecule has 0 saturated heterocycles. The molecular weight excluding hydrogens is 577 g/mol. The number of aromatic nitrogens is 2. The van der Waals surface area contributed by atoms with E-state index >= 15 is 0 Å². The molecule has 7 aromatic rings. The van der Waals surface area contributed by atoms with Crippen LogP contribution in [0.3, 0.4) is 0 Å². The number of H-pyrrole nitrogens is 1. The van der Waals surface area contributed by atoms with Gasteiger partial charge in [-0.15, -0.1) is 12.6 Å². The fourth-order valence-electron chi connectivity index (χ4n) is 6.08. The molecule has 0 fully saturated rings. The van der Waals surface area contributed by atoms with Gasteiger partial charge in [0.05, 0.1) is 17.1 Å². The Morgan fingerprint density at radius 1 is 0.478 bits per heavy atom. The topological polar surface area (TPSA) is 28.7 Å². The van der Waals surface area contributed by atoms with Crippen molar-refractivity contribution in [3.05, 3.63) is 157 Å². The number of hydrogen-bond donors (Lipinski definition) is 2. The van der Waals surface area contributed by atoms with Gasteiger partial charge in [0.25, 0.3) is 0 Å². The summed E-state index contributed by atoms with van der Waals surface area (Å²) in [6, 6.07) is 53.6. The molecule has 5 aromatic carbocycles. The van der Waals surface area contributed by atoms with Gasteiger partial charge in [0, 0.05) is 21.7 Å². The quantitative estimate of drug-likeness (QED) is 0.180. The Labute approximate surface area is 277 Å². The first-order valence-electron chi connectivity index (χ1n) is 15.7. The molecule has 0 aliphatic carbocycles. The molecule has 0 atom stereocenters. The van der Waals surface area contributed by atoms with E-state index in [-0.39, 0.29) is 5.41 Å². The highest BCUT2D eigenvalue weighted by molar-refractivity contribution is 7.80. The number of aromatic amines is 1. The molecule has 0 radical (unpaired) electrons. The summed E-state index contributed by atoms with van der Waals surface area (Å²) >= 11 is 4.78. The molecule has 2 aromatic heterocycles. The maximum atomic E-state index is 5.15. The molecule has 46 heavy (non-hydrogen) atoms. The van der Waals surface area contributed by atoms with Gasteiger partial charge in [-0.2, -0.15) is 0 Å². The van der Waals surface area contributed by atoms with Crippen molar-refractivity contribution < 1.29 is 0 Å². The molecule has 0 aliphatic rings. The summed E-state index contributed by atoms with van der Waals surface area (Å²) in [4.78, 5) is 9.72. The average Bonchev–Trinajstić information content (AvgIpc) is 3.59. The molecular formula is C43H36N2S. The molecule has 2 nitrogen and oxygen atoms in total. The van der Waals surface area contributed by atoms with E-state index in [0.717, 1.165) is 44.4 Å². The van der Waals surface area contributed by atoms with E-state index in [4.69, 9.17) is 17.6 Å². The van der Waals surface area contributed by atoms with Crippen LogP contribution in [-0.2, 0) is 5.41 Å². The Kier molecular flexibility index (Phi) is 7.94. The predicted octanol–water partition coefficient (Wildman–Crippen LogP) is 12.0. The van der Waals surface area contributed by atoms with Crippen LogP contribution in [-0.4, -0.2) is 9.97 Å². The minimum absolute atomic E-state index is 0.0551. The molecule has 0 bridgehead atoms. The molecule has 224 valence electrons. The number of benzene rings is 5. The van der Waals surface area contributed by atoms with Gasteiger partial charge < -0.3 is 4.98 Å². The maximum absolute atomic E-state index is 5.15. The van der Waals surface area contributed by atoms with Crippen molar-refractivity contribution in [3.8, 4) is 67.3 Å². The van der Waals surface area contributed by atoms with Crippen LogP contribution in [0.2, 0.25) is 0 Å². The van der Waals surface area contributed by atoms with Crippen molar-refractivity contribution in [3.63, 3.8) is 0 Å². The number of hydrogen-bond acceptors (Lipinski definition) is 2. The van der Waals surface area contributed by atoms with Crippen LogP contribution >= 0.6 is 12.6 Å². The minimum Gasteiger partial charge on any atom is -0.353 e. The summed E-state index contributed by atoms with van der Waals surface area (Å²) in [6.45, 7) is 6.70. The molecule has 3 heteroatoms. The number of pyridine rings is 1. The van der Waals surface area contributed by atoms with E-state index in [1.165, 1.54) is 33.4 Å². The SMILES string of the molecule is CC(C)(C)c1ccc(S)c(-c2ccc(-c3cccc(-c4cccc(-c5c(-c6ccccc6)cccc5-c5ccccc5)c4)n3)[nH]2)c1. The third kappa shape index (κ3) is 5.94. The molecule has 1 N–H and O–H groups in total. The third-order valence-electron chi connectivity index (χ3n) is 8.54. The van der Waals surface area contributed by atoms with Crippen LogP contribution in [0.5, 0.6) is 0 Å². The molecule has 0 saturated carbocycles. The summed E-state index contributed by atoms with van der Waals surface area (Å²) in [5.74, 6) is 0. The fourth-order valence-corrected chi connectivity index (χ4v) is 6.34. The maximum Gasteiger partial charge on any atom is 0.0872 e. The second-order valence-corrected chi connectivity index (χ2v) is 13.2. The van der Waals surface area contributed by atoms with E-state index < -0.39 is 0 Å². The van der Waals surface area contributed by atoms with Crippen LogP contribution < -0.4 is 0 Å². The van der Waals surface area contributed by atoms with Gasteiger partial charge in [-0.1, -0.05) is 130 Å². The van der Waals surface area contributed by atoms with Gasteiger partial charge in [0.1, 0.15) is 0 Å². The van der Waals surface area contributed by atoms with Gasteiger partial charge in [0.15, 0.2) is 0 Å². The smallest absolute Gasteiger partial charge is 0.0872 e. The largest absolute Gasteiger partial charge is 0.353 e. The van der Waals surface area contributed by atoms with E-state index in [1.807, 2.05) is 0 Å². The van der Waals surface area contributed by atoms with Crippen molar-refractivity contribution in [2.45, 2.75) is 31.1 Å². The number of thiol groups is 1. The summed E-state index contributed by atoms with van der Waals surface area (Å²) in [6.07, 6.45) is 0. The Hall–Kier alpha value is -5.12. The van der Waals surface area contributed by atoms with E-state index in [1.54, 1.807) is 0 Å². The lowest BCUT2D eigenvalue weighted by Crippen LogP contribution is -2.10. The zero-order chi connectivity index (χ0) is 31.7. The number of rotatable bonds is 6. The van der Waals surface area contributed by atoms with Crippen molar-refractivity contribution in [2.24, 2.45) is 0 Å². The van der Waals surface area contributed by atoms with Gasteiger partial charge in [0.2, 0.25) is 0 Å². The van der Waals surface area contributed by atoms with E-state index in [2.05, 4.69) is 177 Å². The van der Waals surface area contributed by atoms with Crippen LogP contribution in [0.4, 0.5) is 0 Å². The summed E-state index contributed by atoms with van der Waals surface area (Å²) in [5.41, 5.74) is 14.5. The minimum atomic E-state index is 0.0551. The molecule has 0 spiro atoms. The highest BCUT2D eigenvalue weighted by atomic mass is 32.1. The normalized spacial score (nSPS) is 11.5. The zero-order valence-corrected chi connectivity index (χ0v) is 27.2. The van der Waals surface area contributed by atoms with Crippen LogP contribution in [0.1, 0.15) is 26.3 Å². The summed E-state index contributed by atoms with van der Waals surface area (Å²) in [5, 5.41) is 0. The third-order valence-corrected chi connectivity index (χ3v) is 8.93. The molecule has 2 heterocycles. The first-order valence-corrected chi connectivity index (χ1v) is 16.1. The Bertz CT molecular complexity index is 2080. The van der Waals surface area contributed by atoms with Gasteiger partial charge >= 0.3 is 0 Å². The molecule has 7 rings (SSSR count). The number of nitrogens with zero attached hydrogens (tertiary/aromatic N) is 1. The predicted molar refractivity (Wildman–Crippen MR) is 197 cm³/mol. The highest BCUT2D eigenvalue weighted by Crippen LogP contribution is 2.41. The lowest BCUT2D eigenvalue weighted by molar-refractivity contribution is 0.590. The summed E-state index contributed by atoms with van der Waals surface area (Å²) in [7, 11) is 0. The van der Waals surface area contributed by atoms with Crippen molar-refractivity contribution in [1.82, 2.24) is 9.97 Å². The second kappa shape index (κ2) is 12.3. The Morgan fingerprint density at radius 3 is 1.72 bits per heavy atom. The Morgan fingerprint density at radius 2 is 1.04 bits per heavy atom. The average molecular weight is 613 g/mol. The van der Waals surface area contributed by atoms with Crippen LogP contribution in [0.15, 0.2) is 157 Å². The monoisotopic (exact) mass is 612 g/mol. The van der Waals surface area contributed by atoms with Gasteiger partial charge in [-0.3, -0.25) is 0 Å². The summed E-state index contributed by atoms with van der Waals surface area (Å²) < 4.78 is 0. The number of nitrogens with one attached hydrogen (secondary N) is 1. The van der Waals surface area contributed by atoms with Crippen molar-refractivity contribution >= 4 is 12.6 Å². The zero-order valence-electron chi connectivity index (χ0n) is 26.3. The van der Waals surface area contributed by atoms with Crippen LogP contribution in [0.25, 0.3) is 67.3 Å². The lowest BCUT2D eigenvalue weighted by atomic mass is 9.86. The van der Waals surface area contributed by atoms with Gasteiger partial charge in [-0.25, -0.2) is 4.98 Å². The first kappa shape index (κ1) is 29.6. The molecule has 0 unspecified atom stereocenters. The van der Waals surface area contributed by atoms with Crippen molar-refractivity contribution in [2.75, 3.05) is 0 Å². The van der Waals surface area contributed by atoms with Crippen molar-refractivity contribution in [1.29, 1.82) is 0 Å². The lowest BCUT2D eigenvalue weighted by Gasteiger charge is -2.20. The Balaban J connectivity index is 1.29. The van der Waals surface area contributed by atoms with E-state index in [0.29, 0.717) is 0 Å². The highest BCUT2D eigenvalue weighted by Gasteiger charge is 2.18.